The molecule has 0 spiro atoms. The van der Waals surface area contributed by atoms with Gasteiger partial charge in [0.1, 0.15) is 34.5 Å². The predicted molar refractivity (Wildman–Crippen MR) is 139 cm³/mol. The molecule has 7 nitrogen and oxygen atoms in total. The van der Waals surface area contributed by atoms with Crippen molar-refractivity contribution in [3.63, 3.8) is 0 Å². The Bertz CT molecular complexity index is 1590. The number of aryl methyl sites for hydroxylation is 2. The van der Waals surface area contributed by atoms with Crippen LogP contribution in [-0.2, 0) is 0 Å². The number of furan rings is 1. The Morgan fingerprint density at radius 1 is 1.08 bits per heavy atom. The fraction of sp³-hybridized carbons (Fsp3) is 0.200. The van der Waals surface area contributed by atoms with Crippen LogP contribution in [0.5, 0.6) is 17.2 Å². The first kappa shape index (κ1) is 24.0. The van der Waals surface area contributed by atoms with Gasteiger partial charge in [-0.05, 0) is 55.7 Å². The van der Waals surface area contributed by atoms with Crippen LogP contribution in [0.1, 0.15) is 52.1 Å². The maximum Gasteiger partial charge on any atom is 0.379 e. The number of hydrogen-bond donors (Lipinski definition) is 1. The van der Waals surface area contributed by atoms with E-state index in [9.17, 15) is 10.1 Å². The average molecular weight is 495 g/mol. The number of carbonyl (C=O) groups is 1. The topological polar surface area (TPSA) is 108 Å². The Labute approximate surface area is 214 Å². The smallest absolute Gasteiger partial charge is 0.379 e. The van der Waals surface area contributed by atoms with E-state index in [1.54, 1.807) is 18.2 Å². The highest BCUT2D eigenvalue weighted by Crippen LogP contribution is 2.44. The molecule has 0 saturated carbocycles. The molecule has 186 valence electrons. The van der Waals surface area contributed by atoms with Crippen molar-refractivity contribution in [2.75, 3.05) is 6.61 Å². The molecule has 0 bridgehead atoms. The molecule has 1 aliphatic rings. The van der Waals surface area contributed by atoms with Crippen molar-refractivity contribution in [2.45, 2.75) is 33.1 Å². The number of carbonyl (C=O) groups excluding carboxylic acids is 1. The molecule has 1 aliphatic heterocycles. The Balaban J connectivity index is 1.47. The molecule has 0 amide bonds. The summed E-state index contributed by atoms with van der Waals surface area (Å²) in [6.07, 6.45) is 0.884. The Hall–Kier alpha value is -4.70. The normalized spacial score (nSPS) is 14.6. The Kier molecular flexibility index (Phi) is 6.33. The summed E-state index contributed by atoms with van der Waals surface area (Å²) in [4.78, 5) is 13.0. The highest BCUT2D eigenvalue weighted by Gasteiger charge is 2.31. The number of ether oxygens (including phenoxy) is 3. The van der Waals surface area contributed by atoms with Gasteiger partial charge in [-0.2, -0.15) is 5.26 Å². The van der Waals surface area contributed by atoms with E-state index < -0.39 is 11.9 Å². The molecular formula is C30H26N2O5. The third kappa shape index (κ3) is 4.50. The molecule has 2 heterocycles. The molecule has 1 unspecified atom stereocenters. The van der Waals surface area contributed by atoms with Gasteiger partial charge >= 0.3 is 5.97 Å². The van der Waals surface area contributed by atoms with Crippen LogP contribution in [0.2, 0.25) is 0 Å². The number of benzene rings is 3. The first-order chi connectivity index (χ1) is 17.9. The van der Waals surface area contributed by atoms with Crippen molar-refractivity contribution in [1.82, 2.24) is 0 Å². The zero-order chi connectivity index (χ0) is 26.1. The van der Waals surface area contributed by atoms with Crippen molar-refractivity contribution < 1.29 is 23.4 Å². The third-order valence-electron chi connectivity index (χ3n) is 6.34. The van der Waals surface area contributed by atoms with Gasteiger partial charge in [0.05, 0.1) is 12.5 Å². The van der Waals surface area contributed by atoms with Crippen LogP contribution in [0.25, 0.3) is 11.0 Å². The molecule has 37 heavy (non-hydrogen) atoms. The van der Waals surface area contributed by atoms with Gasteiger partial charge in [0.2, 0.25) is 11.6 Å². The number of nitrogens with zero attached hydrogens (tertiary/aromatic N) is 1. The van der Waals surface area contributed by atoms with Crippen LogP contribution in [0.4, 0.5) is 0 Å². The Morgan fingerprint density at radius 3 is 2.70 bits per heavy atom. The number of nitriles is 1. The van der Waals surface area contributed by atoms with Crippen LogP contribution < -0.4 is 19.9 Å². The summed E-state index contributed by atoms with van der Waals surface area (Å²) in [6, 6.07) is 20.6. The van der Waals surface area contributed by atoms with Crippen molar-refractivity contribution in [1.29, 1.82) is 5.26 Å². The minimum absolute atomic E-state index is 0.00635. The van der Waals surface area contributed by atoms with Crippen molar-refractivity contribution in [3.8, 4) is 23.3 Å². The van der Waals surface area contributed by atoms with Crippen molar-refractivity contribution >= 4 is 16.9 Å². The second-order valence-corrected chi connectivity index (χ2v) is 8.99. The number of allylic oxidation sites excluding steroid dienone is 1. The van der Waals surface area contributed by atoms with E-state index in [0.29, 0.717) is 34.8 Å². The maximum atomic E-state index is 13.0. The second kappa shape index (κ2) is 9.75. The van der Waals surface area contributed by atoms with Gasteiger partial charge < -0.3 is 24.4 Å². The molecule has 3 aromatic carbocycles. The largest absolute Gasteiger partial charge is 0.494 e. The zero-order valence-corrected chi connectivity index (χ0v) is 20.8. The summed E-state index contributed by atoms with van der Waals surface area (Å²) in [5.74, 6) is 0.477. The van der Waals surface area contributed by atoms with E-state index in [-0.39, 0.29) is 17.4 Å². The first-order valence-electron chi connectivity index (χ1n) is 12.1. The van der Waals surface area contributed by atoms with Gasteiger partial charge in [0.25, 0.3) is 0 Å². The number of esters is 1. The highest BCUT2D eigenvalue weighted by molar-refractivity contribution is 5.97. The van der Waals surface area contributed by atoms with Crippen LogP contribution >= 0.6 is 0 Å². The molecule has 0 saturated heterocycles. The number of rotatable bonds is 6. The van der Waals surface area contributed by atoms with Gasteiger partial charge in [-0.1, -0.05) is 37.3 Å². The fourth-order valence-corrected chi connectivity index (χ4v) is 4.53. The van der Waals surface area contributed by atoms with Crippen LogP contribution in [0, 0.1) is 25.2 Å². The standard InChI is InChI=1S/C30H26N2O5/c1-4-12-34-20-7-5-6-19(14-20)27-23-11-9-21(15-26(23)37-29(32)24(27)16-31)35-30(33)28-18(3)22-10-8-17(2)13-25(22)36-28/h5-11,13-15,27H,4,12,32H2,1-3H3. The molecule has 1 aromatic heterocycles. The predicted octanol–water partition coefficient (Wildman–Crippen LogP) is 6.28. The van der Waals surface area contributed by atoms with E-state index in [2.05, 4.69) is 6.07 Å². The molecule has 1 atom stereocenters. The molecule has 0 aliphatic carbocycles. The lowest BCUT2D eigenvalue weighted by atomic mass is 9.83. The lowest BCUT2D eigenvalue weighted by Gasteiger charge is -2.27. The average Bonchev–Trinajstić information content (AvgIpc) is 3.22. The molecule has 7 heteroatoms. The maximum absolute atomic E-state index is 13.0. The molecule has 4 aromatic rings. The molecule has 0 fully saturated rings. The highest BCUT2D eigenvalue weighted by atomic mass is 16.5. The van der Waals surface area contributed by atoms with Gasteiger partial charge in [-0.3, -0.25) is 0 Å². The molecule has 5 rings (SSSR count). The number of nitrogens with two attached hydrogens (primary N) is 1. The van der Waals surface area contributed by atoms with Crippen molar-refractivity contribution in [3.05, 3.63) is 100 Å². The molecule has 0 radical (unpaired) electrons. The van der Waals surface area contributed by atoms with Gasteiger partial charge in [0.15, 0.2) is 0 Å². The summed E-state index contributed by atoms with van der Waals surface area (Å²) >= 11 is 0. The summed E-state index contributed by atoms with van der Waals surface area (Å²) < 4.78 is 23.0. The van der Waals surface area contributed by atoms with Gasteiger partial charge in [-0.25, -0.2) is 4.79 Å². The van der Waals surface area contributed by atoms with Gasteiger partial charge in [-0.15, -0.1) is 0 Å². The SMILES string of the molecule is CCCOc1cccc(C2C(C#N)=C(N)Oc3cc(OC(=O)c4oc5cc(C)ccc5c4C)ccc32)c1. The molecule has 2 N–H and O–H groups in total. The lowest BCUT2D eigenvalue weighted by molar-refractivity contribution is 0.0702. The summed E-state index contributed by atoms with van der Waals surface area (Å²) in [7, 11) is 0. The van der Waals surface area contributed by atoms with E-state index in [1.165, 1.54) is 0 Å². The van der Waals surface area contributed by atoms with E-state index in [0.717, 1.165) is 28.5 Å². The van der Waals surface area contributed by atoms with Crippen LogP contribution in [0.15, 0.2) is 76.5 Å². The van der Waals surface area contributed by atoms with E-state index >= 15 is 0 Å². The summed E-state index contributed by atoms with van der Waals surface area (Å²) in [5, 5.41) is 10.7. The molecular weight excluding hydrogens is 468 g/mol. The number of hydrogen-bond acceptors (Lipinski definition) is 7. The van der Waals surface area contributed by atoms with Gasteiger partial charge in [0, 0.05) is 22.6 Å². The third-order valence-corrected chi connectivity index (χ3v) is 6.34. The number of fused-ring (bicyclic) bond motifs is 2. The summed E-state index contributed by atoms with van der Waals surface area (Å²) in [5.41, 5.74) is 10.4. The fourth-order valence-electron chi connectivity index (χ4n) is 4.53. The van der Waals surface area contributed by atoms with Crippen LogP contribution in [-0.4, -0.2) is 12.6 Å². The Morgan fingerprint density at radius 2 is 1.92 bits per heavy atom. The van der Waals surface area contributed by atoms with Crippen molar-refractivity contribution in [2.24, 2.45) is 5.73 Å². The zero-order valence-electron chi connectivity index (χ0n) is 20.8. The van der Waals surface area contributed by atoms with Crippen LogP contribution in [0.3, 0.4) is 0 Å². The van der Waals surface area contributed by atoms with E-state index in [4.69, 9.17) is 24.4 Å². The van der Waals surface area contributed by atoms with E-state index in [1.807, 2.05) is 63.2 Å². The summed E-state index contributed by atoms with van der Waals surface area (Å²) in [6.45, 7) is 6.42. The minimum Gasteiger partial charge on any atom is -0.494 e. The second-order valence-electron chi connectivity index (χ2n) is 8.99. The lowest BCUT2D eigenvalue weighted by Crippen LogP contribution is -2.21. The quantitative estimate of drug-likeness (QED) is 0.248. The first-order valence-corrected chi connectivity index (χ1v) is 12.1. The monoisotopic (exact) mass is 494 g/mol. The minimum atomic E-state index is -0.610.